The van der Waals surface area contributed by atoms with Crippen molar-refractivity contribution in [2.45, 2.75) is 44.1 Å². The van der Waals surface area contributed by atoms with E-state index in [0.717, 1.165) is 0 Å². The van der Waals surface area contributed by atoms with Crippen LogP contribution in [0, 0.1) is 11.8 Å². The van der Waals surface area contributed by atoms with Crippen LogP contribution in [0.2, 0.25) is 0 Å². The maximum atomic E-state index is 12.7. The molecule has 1 saturated carbocycles. The van der Waals surface area contributed by atoms with Gasteiger partial charge in [0.2, 0.25) is 5.91 Å². The van der Waals surface area contributed by atoms with Gasteiger partial charge >= 0.3 is 12.4 Å². The number of nitrogens with one attached hydrogen (secondary N) is 1. The van der Waals surface area contributed by atoms with E-state index >= 15 is 0 Å². The van der Waals surface area contributed by atoms with Gasteiger partial charge in [-0.15, -0.1) is 0 Å². The van der Waals surface area contributed by atoms with Crippen molar-refractivity contribution in [1.82, 2.24) is 5.32 Å². The third-order valence-corrected chi connectivity index (χ3v) is 3.37. The normalized spacial score (nSPS) is 26.1. The summed E-state index contributed by atoms with van der Waals surface area (Å²) in [5.74, 6) is -4.31. The summed E-state index contributed by atoms with van der Waals surface area (Å²) >= 11 is 0. The third-order valence-electron chi connectivity index (χ3n) is 3.37. The fourth-order valence-electron chi connectivity index (χ4n) is 2.28. The number of hydrogen-bond donors (Lipinski definition) is 2. The van der Waals surface area contributed by atoms with E-state index in [1.807, 2.05) is 0 Å². The molecule has 0 aromatic rings. The molecule has 0 aliphatic heterocycles. The number of aliphatic hydroxyl groups excluding tert-OH is 1. The highest BCUT2D eigenvalue weighted by atomic mass is 19.4. The van der Waals surface area contributed by atoms with Crippen molar-refractivity contribution in [1.29, 1.82) is 0 Å². The molecule has 20 heavy (non-hydrogen) atoms. The molecule has 2 N–H and O–H groups in total. The topological polar surface area (TPSA) is 49.3 Å². The van der Waals surface area contributed by atoms with Gasteiger partial charge < -0.3 is 10.4 Å². The Hall–Kier alpha value is -0.990. The van der Waals surface area contributed by atoms with Gasteiger partial charge in [0.15, 0.2) is 6.10 Å². The largest absolute Gasteiger partial charge is 0.416 e. The standard InChI is InChI=1S/C11H15F6NO2/c12-10(13,14)7-4-2-1-3-6(7)9(20)18-5-8(19)11(15,16)17/h6-8,19H,1-5H2,(H,18,20). The van der Waals surface area contributed by atoms with Gasteiger partial charge in [0.1, 0.15) is 0 Å². The molecule has 0 radical (unpaired) electrons. The molecule has 0 aromatic heterocycles. The Bertz CT molecular complexity index is 341. The third kappa shape index (κ3) is 4.53. The van der Waals surface area contributed by atoms with Crippen molar-refractivity contribution in [3.05, 3.63) is 0 Å². The summed E-state index contributed by atoms with van der Waals surface area (Å²) < 4.78 is 74.3. The molecule has 0 spiro atoms. The number of halogens is 6. The van der Waals surface area contributed by atoms with Crippen LogP contribution in [0.3, 0.4) is 0 Å². The first-order valence-corrected chi connectivity index (χ1v) is 6.12. The molecule has 0 heterocycles. The zero-order valence-corrected chi connectivity index (χ0v) is 10.4. The first-order chi connectivity index (χ1) is 9.03. The summed E-state index contributed by atoms with van der Waals surface area (Å²) in [6.45, 7) is -1.14. The minimum atomic E-state index is -4.91. The molecule has 0 saturated heterocycles. The molecular formula is C11H15F6NO2. The number of carbonyl (C=O) groups excluding carboxylic acids is 1. The van der Waals surface area contributed by atoms with Crippen LogP contribution in [0.5, 0.6) is 0 Å². The fourth-order valence-corrected chi connectivity index (χ4v) is 2.28. The summed E-state index contributed by atoms with van der Waals surface area (Å²) in [7, 11) is 0. The number of hydrogen-bond acceptors (Lipinski definition) is 2. The smallest absolute Gasteiger partial charge is 0.382 e. The van der Waals surface area contributed by atoms with Crippen molar-refractivity contribution >= 4 is 5.91 Å². The predicted molar refractivity (Wildman–Crippen MR) is 56.6 cm³/mol. The molecule has 1 aliphatic rings. The van der Waals surface area contributed by atoms with Gasteiger partial charge in [-0.05, 0) is 12.8 Å². The van der Waals surface area contributed by atoms with Crippen molar-refractivity contribution < 1.29 is 36.2 Å². The maximum Gasteiger partial charge on any atom is 0.416 e. The molecular weight excluding hydrogens is 292 g/mol. The number of carbonyl (C=O) groups is 1. The average molecular weight is 307 g/mol. The van der Waals surface area contributed by atoms with Gasteiger partial charge in [-0.3, -0.25) is 4.79 Å². The second kappa shape index (κ2) is 6.19. The summed E-state index contributed by atoms with van der Waals surface area (Å²) in [6.07, 6.45) is -11.7. The van der Waals surface area contributed by atoms with Gasteiger partial charge in [-0.25, -0.2) is 0 Å². The van der Waals surface area contributed by atoms with E-state index < -0.39 is 42.7 Å². The second-order valence-corrected chi connectivity index (χ2v) is 4.84. The Morgan fingerprint density at radius 3 is 2.20 bits per heavy atom. The highest BCUT2D eigenvalue weighted by Crippen LogP contribution is 2.41. The minimum Gasteiger partial charge on any atom is -0.382 e. The first kappa shape index (κ1) is 17.1. The van der Waals surface area contributed by atoms with Crippen LogP contribution in [-0.2, 0) is 4.79 Å². The second-order valence-electron chi connectivity index (χ2n) is 4.84. The Kier molecular flexibility index (Phi) is 5.28. The van der Waals surface area contributed by atoms with Crippen LogP contribution in [0.4, 0.5) is 26.3 Å². The zero-order chi connectivity index (χ0) is 15.6. The lowest BCUT2D eigenvalue weighted by Crippen LogP contribution is -2.46. The molecule has 1 amide bonds. The highest BCUT2D eigenvalue weighted by molar-refractivity contribution is 5.79. The Balaban J connectivity index is 2.61. The van der Waals surface area contributed by atoms with E-state index in [1.165, 1.54) is 0 Å². The van der Waals surface area contributed by atoms with E-state index in [4.69, 9.17) is 5.11 Å². The van der Waals surface area contributed by atoms with Crippen LogP contribution in [0.1, 0.15) is 25.7 Å². The molecule has 3 atom stereocenters. The molecule has 118 valence electrons. The first-order valence-electron chi connectivity index (χ1n) is 6.12. The van der Waals surface area contributed by atoms with E-state index in [-0.39, 0.29) is 12.8 Å². The molecule has 0 bridgehead atoms. The molecule has 1 fully saturated rings. The predicted octanol–water partition coefficient (Wildman–Crippen LogP) is 2.39. The van der Waals surface area contributed by atoms with Gasteiger partial charge in [0.05, 0.1) is 12.5 Å². The van der Waals surface area contributed by atoms with Crippen molar-refractivity contribution in [3.8, 4) is 0 Å². The summed E-state index contributed by atoms with van der Waals surface area (Å²) in [5.41, 5.74) is 0. The summed E-state index contributed by atoms with van der Waals surface area (Å²) in [5, 5.41) is 10.4. The molecule has 9 heteroatoms. The van der Waals surface area contributed by atoms with E-state index in [2.05, 4.69) is 0 Å². The van der Waals surface area contributed by atoms with E-state index in [9.17, 15) is 31.1 Å². The zero-order valence-electron chi connectivity index (χ0n) is 10.4. The number of alkyl halides is 6. The van der Waals surface area contributed by atoms with E-state index in [0.29, 0.717) is 12.8 Å². The molecule has 1 aliphatic carbocycles. The van der Waals surface area contributed by atoms with Gasteiger partial charge in [0.25, 0.3) is 0 Å². The monoisotopic (exact) mass is 307 g/mol. The quantitative estimate of drug-likeness (QED) is 0.787. The number of amides is 1. The Labute approximate surface area is 111 Å². The SMILES string of the molecule is O=C(NCC(O)C(F)(F)F)C1CCCCC1C(F)(F)F. The van der Waals surface area contributed by atoms with Crippen LogP contribution in [0.15, 0.2) is 0 Å². The minimum absolute atomic E-state index is 0.0158. The van der Waals surface area contributed by atoms with Gasteiger partial charge in [0, 0.05) is 5.92 Å². The molecule has 1 rings (SSSR count). The number of aliphatic hydroxyl groups is 1. The Morgan fingerprint density at radius 1 is 1.15 bits per heavy atom. The van der Waals surface area contributed by atoms with E-state index in [1.54, 1.807) is 5.32 Å². The average Bonchev–Trinajstić information content (AvgIpc) is 2.33. The van der Waals surface area contributed by atoms with Gasteiger partial charge in [-0.2, -0.15) is 26.3 Å². The maximum absolute atomic E-state index is 12.7. The van der Waals surface area contributed by atoms with Crippen LogP contribution < -0.4 is 5.32 Å². The van der Waals surface area contributed by atoms with Crippen molar-refractivity contribution in [3.63, 3.8) is 0 Å². The lowest BCUT2D eigenvalue weighted by Gasteiger charge is -2.32. The van der Waals surface area contributed by atoms with Crippen molar-refractivity contribution in [2.75, 3.05) is 6.54 Å². The highest BCUT2D eigenvalue weighted by Gasteiger charge is 2.48. The summed E-state index contributed by atoms with van der Waals surface area (Å²) in [4.78, 5) is 11.6. The van der Waals surface area contributed by atoms with Crippen molar-refractivity contribution in [2.24, 2.45) is 11.8 Å². The van der Waals surface area contributed by atoms with Crippen LogP contribution in [-0.4, -0.2) is 36.0 Å². The van der Waals surface area contributed by atoms with Gasteiger partial charge in [-0.1, -0.05) is 12.8 Å². The summed E-state index contributed by atoms with van der Waals surface area (Å²) in [6, 6.07) is 0. The molecule has 0 aromatic carbocycles. The lowest BCUT2D eigenvalue weighted by atomic mass is 9.78. The molecule has 3 unspecified atom stereocenters. The van der Waals surface area contributed by atoms with Crippen LogP contribution >= 0.6 is 0 Å². The fraction of sp³-hybridized carbons (Fsp3) is 0.909. The Morgan fingerprint density at radius 2 is 1.70 bits per heavy atom. The van der Waals surface area contributed by atoms with Crippen LogP contribution in [0.25, 0.3) is 0 Å². The number of rotatable bonds is 3. The lowest BCUT2D eigenvalue weighted by molar-refractivity contribution is -0.205. The molecule has 3 nitrogen and oxygen atoms in total.